The van der Waals surface area contributed by atoms with E-state index < -0.39 is 16.0 Å². The van der Waals surface area contributed by atoms with E-state index in [9.17, 15) is 13.2 Å². The van der Waals surface area contributed by atoms with Gasteiger partial charge in [-0.25, -0.2) is 13.2 Å². The molecule has 0 fully saturated rings. The van der Waals surface area contributed by atoms with Crippen LogP contribution >= 0.6 is 0 Å². The molecule has 2 aromatic rings. The molecule has 0 spiro atoms. The lowest BCUT2D eigenvalue weighted by molar-refractivity contribution is 0.0601. The Balaban J connectivity index is 2.55. The molecule has 0 saturated carbocycles. The van der Waals surface area contributed by atoms with E-state index >= 15 is 0 Å². The molecule has 1 aromatic heterocycles. The van der Waals surface area contributed by atoms with Crippen LogP contribution in [0.25, 0.3) is 0 Å². The van der Waals surface area contributed by atoms with Crippen LogP contribution in [0.15, 0.2) is 23.2 Å². The van der Waals surface area contributed by atoms with Crippen LogP contribution in [0.1, 0.15) is 23.0 Å². The summed E-state index contributed by atoms with van der Waals surface area (Å²) in [4.78, 5) is 12.1. The van der Waals surface area contributed by atoms with Crippen LogP contribution in [0.2, 0.25) is 0 Å². The van der Waals surface area contributed by atoms with Gasteiger partial charge in [-0.05, 0) is 13.8 Å². The Kier molecular flexibility index (Phi) is 5.76. The third kappa shape index (κ3) is 3.74. The molecular weight excluding hydrogens is 362 g/mol. The zero-order valence-electron chi connectivity index (χ0n) is 15.2. The highest BCUT2D eigenvalue weighted by Crippen LogP contribution is 2.35. The lowest BCUT2D eigenvalue weighted by atomic mass is 10.1. The molecule has 142 valence electrons. The van der Waals surface area contributed by atoms with Gasteiger partial charge in [-0.15, -0.1) is 0 Å². The zero-order valence-corrected chi connectivity index (χ0v) is 16.0. The summed E-state index contributed by atoms with van der Waals surface area (Å²) in [5.74, 6) is -0.186. The van der Waals surface area contributed by atoms with Crippen LogP contribution in [0, 0.1) is 6.92 Å². The molecule has 0 radical (unpaired) electrons. The highest BCUT2D eigenvalue weighted by Gasteiger charge is 2.25. The summed E-state index contributed by atoms with van der Waals surface area (Å²) in [7, 11) is 0.0357. The first-order chi connectivity index (χ1) is 12.3. The van der Waals surface area contributed by atoms with E-state index in [1.54, 1.807) is 6.92 Å². The van der Waals surface area contributed by atoms with E-state index in [1.165, 1.54) is 44.3 Å². The van der Waals surface area contributed by atoms with Crippen LogP contribution < -0.4 is 14.2 Å². The van der Waals surface area contributed by atoms with Crippen molar-refractivity contribution in [1.82, 2.24) is 9.78 Å². The van der Waals surface area contributed by atoms with Crippen molar-refractivity contribution in [1.29, 1.82) is 0 Å². The number of aromatic nitrogens is 2. The predicted octanol–water partition coefficient (Wildman–Crippen LogP) is 1.82. The average molecular weight is 383 g/mol. The second kappa shape index (κ2) is 7.65. The summed E-state index contributed by atoms with van der Waals surface area (Å²) in [6, 6.07) is 2.72. The Hall–Kier alpha value is -2.75. The molecule has 0 bridgehead atoms. The number of rotatable bonds is 7. The molecule has 1 heterocycles. The maximum Gasteiger partial charge on any atom is 0.340 e. The number of anilines is 1. The van der Waals surface area contributed by atoms with Crippen molar-refractivity contribution in [3.8, 4) is 11.5 Å². The number of aryl methyl sites for hydroxylation is 2. The maximum atomic E-state index is 12.8. The number of hydrogen-bond donors (Lipinski definition) is 1. The summed E-state index contributed by atoms with van der Waals surface area (Å²) in [5.41, 5.74) is 0.354. The van der Waals surface area contributed by atoms with Crippen molar-refractivity contribution in [3.05, 3.63) is 29.6 Å². The van der Waals surface area contributed by atoms with Crippen LogP contribution in [0.3, 0.4) is 0 Å². The SMILES string of the molecule is CCn1cc(S(=O)(=O)Nc2cc(OC)c(OC)cc2C(=O)OC)c(C)n1. The molecule has 0 unspecified atom stereocenters. The monoisotopic (exact) mass is 383 g/mol. The van der Waals surface area contributed by atoms with Gasteiger partial charge in [-0.1, -0.05) is 0 Å². The van der Waals surface area contributed by atoms with Gasteiger partial charge in [-0.3, -0.25) is 9.40 Å². The van der Waals surface area contributed by atoms with Crippen LogP contribution in [-0.4, -0.2) is 45.5 Å². The highest BCUT2D eigenvalue weighted by molar-refractivity contribution is 7.92. The third-order valence-electron chi connectivity index (χ3n) is 3.69. The fraction of sp³-hybridized carbons (Fsp3) is 0.375. The minimum Gasteiger partial charge on any atom is -0.493 e. The Morgan fingerprint density at radius 1 is 1.19 bits per heavy atom. The van der Waals surface area contributed by atoms with Crippen LogP contribution in [-0.2, 0) is 21.3 Å². The Bertz CT molecular complexity index is 920. The molecule has 0 aliphatic rings. The Morgan fingerprint density at radius 2 is 1.81 bits per heavy atom. The Morgan fingerprint density at radius 3 is 2.31 bits per heavy atom. The predicted molar refractivity (Wildman–Crippen MR) is 94.3 cm³/mol. The second-order valence-electron chi connectivity index (χ2n) is 5.28. The van der Waals surface area contributed by atoms with E-state index in [-0.39, 0.29) is 27.6 Å². The summed E-state index contributed by atoms with van der Waals surface area (Å²) in [6.07, 6.45) is 1.43. The summed E-state index contributed by atoms with van der Waals surface area (Å²) in [6.45, 7) is 3.97. The number of nitrogens with one attached hydrogen (secondary N) is 1. The first-order valence-corrected chi connectivity index (χ1v) is 9.16. The largest absolute Gasteiger partial charge is 0.493 e. The van der Waals surface area contributed by atoms with Crippen molar-refractivity contribution in [2.45, 2.75) is 25.3 Å². The topological polar surface area (TPSA) is 109 Å². The minimum absolute atomic E-state index is 0.00531. The quantitative estimate of drug-likeness (QED) is 0.726. The number of methoxy groups -OCH3 is 3. The number of ether oxygens (including phenoxy) is 3. The lowest BCUT2D eigenvalue weighted by Gasteiger charge is -2.15. The van der Waals surface area contributed by atoms with Gasteiger partial charge in [0.05, 0.1) is 38.3 Å². The minimum atomic E-state index is -3.98. The molecule has 0 amide bonds. The van der Waals surface area contributed by atoms with Gasteiger partial charge in [0, 0.05) is 24.9 Å². The molecule has 10 heteroatoms. The molecule has 9 nitrogen and oxygen atoms in total. The first kappa shape index (κ1) is 19.6. The van der Waals surface area contributed by atoms with Crippen molar-refractivity contribution in [2.24, 2.45) is 0 Å². The van der Waals surface area contributed by atoms with E-state index in [0.717, 1.165) is 0 Å². The fourth-order valence-corrected chi connectivity index (χ4v) is 3.63. The number of carbonyl (C=O) groups excluding carboxylic acids is 1. The van der Waals surface area contributed by atoms with Crippen LogP contribution in [0.4, 0.5) is 5.69 Å². The molecule has 0 aliphatic heterocycles. The first-order valence-electron chi connectivity index (χ1n) is 7.68. The molecular formula is C16H21N3O6S. The molecule has 0 aliphatic carbocycles. The molecule has 2 rings (SSSR count). The highest BCUT2D eigenvalue weighted by atomic mass is 32.2. The molecule has 1 N–H and O–H groups in total. The lowest BCUT2D eigenvalue weighted by Crippen LogP contribution is -2.17. The van der Waals surface area contributed by atoms with Gasteiger partial charge >= 0.3 is 5.97 Å². The van der Waals surface area contributed by atoms with Crippen molar-refractivity contribution in [3.63, 3.8) is 0 Å². The third-order valence-corrected chi connectivity index (χ3v) is 5.16. The van der Waals surface area contributed by atoms with Gasteiger partial charge in [0.15, 0.2) is 11.5 Å². The number of esters is 1. The van der Waals surface area contributed by atoms with Gasteiger partial charge in [-0.2, -0.15) is 5.10 Å². The van der Waals surface area contributed by atoms with Crippen molar-refractivity contribution in [2.75, 3.05) is 26.1 Å². The average Bonchev–Trinajstić information content (AvgIpc) is 3.02. The number of sulfonamides is 1. The van der Waals surface area contributed by atoms with Crippen molar-refractivity contribution < 1.29 is 27.4 Å². The number of carbonyl (C=O) groups is 1. The second-order valence-corrected chi connectivity index (χ2v) is 6.94. The van der Waals surface area contributed by atoms with Crippen LogP contribution in [0.5, 0.6) is 11.5 Å². The van der Waals surface area contributed by atoms with Gasteiger partial charge < -0.3 is 14.2 Å². The smallest absolute Gasteiger partial charge is 0.340 e. The van der Waals surface area contributed by atoms with E-state index in [4.69, 9.17) is 14.2 Å². The van der Waals surface area contributed by atoms with E-state index in [0.29, 0.717) is 12.2 Å². The molecule has 1 aromatic carbocycles. The number of benzene rings is 1. The van der Waals surface area contributed by atoms with E-state index in [2.05, 4.69) is 9.82 Å². The summed E-state index contributed by atoms with van der Waals surface area (Å²) in [5, 5.41) is 4.13. The molecule has 0 saturated heterocycles. The van der Waals surface area contributed by atoms with Gasteiger partial charge in [0.1, 0.15) is 4.90 Å². The number of nitrogens with zero attached hydrogens (tertiary/aromatic N) is 2. The Labute approximate surface area is 151 Å². The van der Waals surface area contributed by atoms with Crippen molar-refractivity contribution >= 4 is 21.7 Å². The summed E-state index contributed by atoms with van der Waals surface area (Å²) < 4.78 is 44.5. The van der Waals surface area contributed by atoms with Gasteiger partial charge in [0.25, 0.3) is 10.0 Å². The van der Waals surface area contributed by atoms with E-state index in [1.807, 2.05) is 6.92 Å². The maximum absolute atomic E-state index is 12.8. The molecule has 26 heavy (non-hydrogen) atoms. The molecule has 0 atom stereocenters. The zero-order chi connectivity index (χ0) is 19.5. The fourth-order valence-electron chi connectivity index (χ4n) is 2.37. The summed E-state index contributed by atoms with van der Waals surface area (Å²) >= 11 is 0. The van der Waals surface area contributed by atoms with Gasteiger partial charge in [0.2, 0.25) is 0 Å². The number of hydrogen-bond acceptors (Lipinski definition) is 7. The standard InChI is InChI=1S/C16H21N3O6S/c1-6-19-9-15(10(2)17-19)26(21,22)18-12-8-14(24-4)13(23-3)7-11(12)16(20)25-5/h7-9,18H,6H2,1-5H3. The normalized spacial score (nSPS) is 11.1.